The third kappa shape index (κ3) is 3.55. The number of hydrogen-bond acceptors (Lipinski definition) is 6. The van der Waals surface area contributed by atoms with Crippen molar-refractivity contribution in [2.75, 3.05) is 6.54 Å². The predicted octanol–water partition coefficient (Wildman–Crippen LogP) is 4.17. The van der Waals surface area contributed by atoms with Crippen LogP contribution in [0, 0.1) is 19.8 Å². The van der Waals surface area contributed by atoms with Gasteiger partial charge in [0.1, 0.15) is 11.4 Å². The maximum absolute atomic E-state index is 13.7. The van der Waals surface area contributed by atoms with Gasteiger partial charge < -0.3 is 10.2 Å². The van der Waals surface area contributed by atoms with Crippen molar-refractivity contribution < 1.29 is 9.59 Å². The first-order chi connectivity index (χ1) is 16.0. The quantitative estimate of drug-likeness (QED) is 0.468. The Morgan fingerprint density at radius 2 is 2.12 bits per heavy atom. The standard InChI is InChI=1S/C24H23N5O2S2/c1-13-4-3-5-15(8-13)21-20(27-14(2)33-21)23(31)29-17(9-16-10-18(16)29)11-25-22(30)19-12-26-24-28(19)6-7-32-24/h3-8,12,16-18H,9-11H2,1-2H3,(H,25,30)/t16?,17-,18?/m0/s1. The monoisotopic (exact) mass is 477 g/mol. The molecule has 9 heteroatoms. The number of thiazole rings is 2. The number of aryl methyl sites for hydroxylation is 2. The smallest absolute Gasteiger partial charge is 0.274 e. The van der Waals surface area contributed by atoms with Gasteiger partial charge in [0.15, 0.2) is 4.96 Å². The summed E-state index contributed by atoms with van der Waals surface area (Å²) in [5.74, 6) is 0.333. The Hall–Kier alpha value is -3.04. The van der Waals surface area contributed by atoms with E-state index in [-0.39, 0.29) is 23.9 Å². The highest BCUT2D eigenvalue weighted by molar-refractivity contribution is 7.15. The van der Waals surface area contributed by atoms with Gasteiger partial charge in [-0.3, -0.25) is 14.0 Å². The van der Waals surface area contributed by atoms with Crippen LogP contribution in [0.2, 0.25) is 0 Å². The largest absolute Gasteiger partial charge is 0.349 e. The topological polar surface area (TPSA) is 79.6 Å². The summed E-state index contributed by atoms with van der Waals surface area (Å²) in [4.78, 5) is 39.2. The van der Waals surface area contributed by atoms with Gasteiger partial charge in [-0.1, -0.05) is 29.8 Å². The molecule has 2 fully saturated rings. The van der Waals surface area contributed by atoms with Crippen LogP contribution < -0.4 is 5.32 Å². The minimum atomic E-state index is -0.168. The number of rotatable bonds is 5. The van der Waals surface area contributed by atoms with Gasteiger partial charge in [0.2, 0.25) is 0 Å². The van der Waals surface area contributed by atoms with E-state index in [9.17, 15) is 9.59 Å². The van der Waals surface area contributed by atoms with Gasteiger partial charge in [0.25, 0.3) is 11.8 Å². The molecule has 2 unspecified atom stereocenters. The van der Waals surface area contributed by atoms with Crippen molar-refractivity contribution >= 4 is 39.4 Å². The molecular weight excluding hydrogens is 454 g/mol. The highest BCUT2D eigenvalue weighted by Gasteiger charge is 2.54. The average molecular weight is 478 g/mol. The molecule has 2 aliphatic rings. The number of carbonyl (C=O) groups excluding carboxylic acids is 2. The fraction of sp³-hybridized carbons (Fsp3) is 0.333. The van der Waals surface area contributed by atoms with E-state index in [4.69, 9.17) is 0 Å². The second kappa shape index (κ2) is 7.78. The first-order valence-electron chi connectivity index (χ1n) is 11.1. The van der Waals surface area contributed by atoms with E-state index in [0.717, 1.165) is 38.8 Å². The predicted molar refractivity (Wildman–Crippen MR) is 129 cm³/mol. The molecule has 168 valence electrons. The highest BCUT2D eigenvalue weighted by Crippen LogP contribution is 2.48. The molecule has 0 bridgehead atoms. The maximum Gasteiger partial charge on any atom is 0.274 e. The molecule has 2 amide bonds. The molecule has 33 heavy (non-hydrogen) atoms. The first kappa shape index (κ1) is 20.6. The number of benzene rings is 1. The van der Waals surface area contributed by atoms with Crippen LogP contribution in [0.5, 0.6) is 0 Å². The van der Waals surface area contributed by atoms with Crippen LogP contribution in [-0.2, 0) is 0 Å². The molecule has 1 saturated heterocycles. The van der Waals surface area contributed by atoms with Gasteiger partial charge in [0, 0.05) is 24.2 Å². The zero-order valence-electron chi connectivity index (χ0n) is 18.3. The van der Waals surface area contributed by atoms with E-state index in [1.807, 2.05) is 35.5 Å². The number of likely N-dealkylation sites (tertiary alicyclic amines) is 1. The molecule has 1 N–H and O–H groups in total. The van der Waals surface area contributed by atoms with Crippen molar-refractivity contribution in [3.63, 3.8) is 0 Å². The number of aromatic nitrogens is 3. The number of imidazole rings is 1. The normalized spacial score (nSPS) is 21.4. The Kier molecular flexibility index (Phi) is 4.84. The summed E-state index contributed by atoms with van der Waals surface area (Å²) in [7, 11) is 0. The number of hydrogen-bond donors (Lipinski definition) is 1. The van der Waals surface area contributed by atoms with Gasteiger partial charge in [-0.05, 0) is 38.2 Å². The van der Waals surface area contributed by atoms with E-state index in [1.54, 1.807) is 21.9 Å². The summed E-state index contributed by atoms with van der Waals surface area (Å²) in [5.41, 5.74) is 3.23. The van der Waals surface area contributed by atoms with Crippen LogP contribution in [0.1, 0.15) is 44.4 Å². The summed E-state index contributed by atoms with van der Waals surface area (Å²) in [6.07, 6.45) is 5.40. The lowest BCUT2D eigenvalue weighted by molar-refractivity contribution is 0.0684. The SMILES string of the molecule is Cc1cccc(-c2sc(C)nc2C(=O)N2C3CC3C[C@H]2CNC(=O)c2cnc3sccn23)c1. The first-order valence-corrected chi connectivity index (χ1v) is 12.7. The van der Waals surface area contributed by atoms with Crippen LogP contribution in [0.3, 0.4) is 0 Å². The summed E-state index contributed by atoms with van der Waals surface area (Å²) in [6.45, 7) is 4.42. The van der Waals surface area contributed by atoms with Crippen LogP contribution in [-0.4, -0.2) is 49.7 Å². The van der Waals surface area contributed by atoms with Crippen LogP contribution >= 0.6 is 22.7 Å². The van der Waals surface area contributed by atoms with Crippen molar-refractivity contribution in [2.24, 2.45) is 5.92 Å². The zero-order valence-corrected chi connectivity index (χ0v) is 19.9. The Morgan fingerprint density at radius 1 is 1.24 bits per heavy atom. The van der Waals surface area contributed by atoms with E-state index in [1.165, 1.54) is 11.3 Å². The zero-order chi connectivity index (χ0) is 22.7. The fourth-order valence-corrected chi connectivity index (χ4v) is 6.53. The fourth-order valence-electron chi connectivity index (χ4n) is 4.93. The van der Waals surface area contributed by atoms with Crippen LogP contribution in [0.4, 0.5) is 0 Å². The second-order valence-corrected chi connectivity index (χ2v) is 10.9. The van der Waals surface area contributed by atoms with Gasteiger partial charge in [0.05, 0.1) is 22.1 Å². The van der Waals surface area contributed by atoms with Gasteiger partial charge in [-0.15, -0.1) is 22.7 Å². The van der Waals surface area contributed by atoms with Crippen molar-refractivity contribution in [2.45, 2.75) is 38.8 Å². The molecule has 4 aromatic rings. The Labute approximate surface area is 199 Å². The molecule has 4 heterocycles. The average Bonchev–Trinajstić information content (AvgIpc) is 3.21. The van der Waals surface area contributed by atoms with Crippen LogP contribution in [0.15, 0.2) is 42.0 Å². The Balaban J connectivity index is 1.23. The van der Waals surface area contributed by atoms with E-state index in [0.29, 0.717) is 23.9 Å². The molecule has 6 rings (SSSR count). The summed E-state index contributed by atoms with van der Waals surface area (Å²) in [5, 5.41) is 5.83. The molecule has 1 saturated carbocycles. The number of nitrogens with zero attached hydrogens (tertiary/aromatic N) is 4. The molecule has 1 aromatic carbocycles. The van der Waals surface area contributed by atoms with Crippen molar-refractivity contribution in [1.29, 1.82) is 0 Å². The second-order valence-electron chi connectivity index (χ2n) is 8.85. The number of carbonyl (C=O) groups is 2. The summed E-state index contributed by atoms with van der Waals surface area (Å²) in [6, 6.07) is 8.43. The molecule has 3 atom stereocenters. The molecule has 1 aliphatic heterocycles. The summed E-state index contributed by atoms with van der Waals surface area (Å²) >= 11 is 3.05. The van der Waals surface area contributed by atoms with E-state index >= 15 is 0 Å². The lowest BCUT2D eigenvalue weighted by Crippen LogP contribution is -2.45. The number of piperidine rings is 1. The summed E-state index contributed by atoms with van der Waals surface area (Å²) < 4.78 is 1.79. The molecular formula is C24H23N5O2S2. The molecule has 1 aliphatic carbocycles. The number of fused-ring (bicyclic) bond motifs is 2. The molecule has 3 aromatic heterocycles. The molecule has 0 spiro atoms. The van der Waals surface area contributed by atoms with Gasteiger partial charge >= 0.3 is 0 Å². The van der Waals surface area contributed by atoms with E-state index < -0.39 is 0 Å². The third-order valence-electron chi connectivity index (χ3n) is 6.54. The van der Waals surface area contributed by atoms with E-state index in [2.05, 4.69) is 34.3 Å². The Morgan fingerprint density at radius 3 is 2.97 bits per heavy atom. The highest BCUT2D eigenvalue weighted by atomic mass is 32.1. The number of amides is 2. The minimum absolute atomic E-state index is 0.0234. The lowest BCUT2D eigenvalue weighted by Gasteiger charge is -2.27. The van der Waals surface area contributed by atoms with Crippen LogP contribution in [0.25, 0.3) is 15.4 Å². The Bertz CT molecular complexity index is 1390. The van der Waals surface area contributed by atoms with Gasteiger partial charge in [-0.2, -0.15) is 0 Å². The van der Waals surface area contributed by atoms with Crippen molar-refractivity contribution in [3.05, 3.63) is 64.0 Å². The number of nitrogens with one attached hydrogen (secondary N) is 1. The third-order valence-corrected chi connectivity index (χ3v) is 8.33. The van der Waals surface area contributed by atoms with Crippen molar-refractivity contribution in [1.82, 2.24) is 24.6 Å². The van der Waals surface area contributed by atoms with Gasteiger partial charge in [-0.25, -0.2) is 9.97 Å². The van der Waals surface area contributed by atoms with Crippen molar-refractivity contribution in [3.8, 4) is 10.4 Å². The molecule has 7 nitrogen and oxygen atoms in total. The lowest BCUT2D eigenvalue weighted by atomic mass is 10.1. The maximum atomic E-state index is 13.7. The molecule has 0 radical (unpaired) electrons. The minimum Gasteiger partial charge on any atom is -0.349 e.